The molecule has 2 aromatic carbocycles. The van der Waals surface area contributed by atoms with E-state index in [4.69, 9.17) is 4.74 Å². The first-order chi connectivity index (χ1) is 15.1. The number of rotatable bonds is 3. The van der Waals surface area contributed by atoms with E-state index in [9.17, 15) is 9.59 Å². The lowest BCUT2D eigenvalue weighted by Crippen LogP contribution is -2.39. The highest BCUT2D eigenvalue weighted by atomic mass is 32.1. The van der Waals surface area contributed by atoms with E-state index < -0.39 is 0 Å². The number of carbonyl (C=O) groups excluding carboxylic acids is 1. The minimum atomic E-state index is -0.198. The molecule has 6 nitrogen and oxygen atoms in total. The van der Waals surface area contributed by atoms with Crippen LogP contribution < -0.4 is 10.3 Å². The maximum atomic E-state index is 13.1. The molecule has 2 aromatic heterocycles. The molecule has 0 fully saturated rings. The maximum absolute atomic E-state index is 13.1. The van der Waals surface area contributed by atoms with Gasteiger partial charge in [-0.2, -0.15) is 0 Å². The van der Waals surface area contributed by atoms with Crippen molar-refractivity contribution in [3.05, 3.63) is 82.9 Å². The fourth-order valence-corrected chi connectivity index (χ4v) is 4.83. The molecule has 0 bridgehead atoms. The Kier molecular flexibility index (Phi) is 5.03. The van der Waals surface area contributed by atoms with Crippen molar-refractivity contribution in [1.82, 2.24) is 14.5 Å². The number of benzene rings is 2. The van der Waals surface area contributed by atoms with E-state index in [-0.39, 0.29) is 24.1 Å². The second-order valence-corrected chi connectivity index (χ2v) is 8.71. The lowest BCUT2D eigenvalue weighted by molar-refractivity contribution is -0.133. The van der Waals surface area contributed by atoms with Gasteiger partial charge in [0.25, 0.3) is 5.56 Å². The molecule has 0 N–H and O–H groups in total. The Labute approximate surface area is 183 Å². The summed E-state index contributed by atoms with van der Waals surface area (Å²) < 4.78 is 7.34. The third-order valence-corrected chi connectivity index (χ3v) is 6.47. The summed E-state index contributed by atoms with van der Waals surface area (Å²) >= 11 is 1.48. The number of hydrogen-bond donors (Lipinski definition) is 0. The molecule has 5 rings (SSSR count). The van der Waals surface area contributed by atoms with Crippen LogP contribution in [0.15, 0.2) is 71.8 Å². The molecule has 1 aliphatic rings. The highest BCUT2D eigenvalue weighted by Crippen LogP contribution is 2.30. The lowest BCUT2D eigenvalue weighted by atomic mass is 10.2. The molecule has 4 aromatic rings. The zero-order valence-electron chi connectivity index (χ0n) is 17.0. The van der Waals surface area contributed by atoms with Crippen molar-refractivity contribution in [3.8, 4) is 16.2 Å². The Bertz CT molecular complexity index is 1310. The van der Waals surface area contributed by atoms with Crippen LogP contribution in [0.5, 0.6) is 5.75 Å². The summed E-state index contributed by atoms with van der Waals surface area (Å²) in [6.45, 7) is 2.82. The highest BCUT2D eigenvalue weighted by Gasteiger charge is 2.24. The van der Waals surface area contributed by atoms with Crippen molar-refractivity contribution in [2.75, 3.05) is 6.54 Å². The molecule has 1 aliphatic heterocycles. The minimum Gasteiger partial charge on any atom is -0.489 e. The summed E-state index contributed by atoms with van der Waals surface area (Å²) in [7, 11) is 0. The van der Waals surface area contributed by atoms with Gasteiger partial charge in [0.15, 0.2) is 0 Å². The van der Waals surface area contributed by atoms with Gasteiger partial charge in [0.1, 0.15) is 23.2 Å². The molecule has 1 unspecified atom stereocenters. The largest absolute Gasteiger partial charge is 0.489 e. The Morgan fingerprint density at radius 2 is 1.94 bits per heavy atom. The average molecular weight is 432 g/mol. The van der Waals surface area contributed by atoms with Crippen molar-refractivity contribution in [2.45, 2.75) is 26.1 Å². The lowest BCUT2D eigenvalue weighted by Gasteiger charge is -2.22. The zero-order valence-corrected chi connectivity index (χ0v) is 17.8. The van der Waals surface area contributed by atoms with Crippen LogP contribution in [0.3, 0.4) is 0 Å². The zero-order chi connectivity index (χ0) is 21.4. The van der Waals surface area contributed by atoms with Crippen molar-refractivity contribution < 1.29 is 9.53 Å². The molecule has 7 heteroatoms. The average Bonchev–Trinajstić information content (AvgIpc) is 3.14. The molecule has 0 saturated heterocycles. The monoisotopic (exact) mass is 431 g/mol. The normalized spacial score (nSPS) is 15.9. The van der Waals surface area contributed by atoms with Gasteiger partial charge in [-0.1, -0.05) is 48.5 Å². The van der Waals surface area contributed by atoms with E-state index in [1.54, 1.807) is 4.90 Å². The number of fused-ring (bicyclic) bond motifs is 2. The van der Waals surface area contributed by atoms with E-state index in [0.717, 1.165) is 21.8 Å². The third kappa shape index (κ3) is 3.84. The fraction of sp³-hybridized carbons (Fsp3) is 0.208. The summed E-state index contributed by atoms with van der Waals surface area (Å²) in [6.07, 6.45) is 1.34. The summed E-state index contributed by atoms with van der Waals surface area (Å²) in [6, 6.07) is 19.5. The summed E-state index contributed by atoms with van der Waals surface area (Å²) in [5.74, 6) is 0.672. The predicted octanol–water partition coefficient (Wildman–Crippen LogP) is 3.93. The highest BCUT2D eigenvalue weighted by molar-refractivity contribution is 7.21. The van der Waals surface area contributed by atoms with Gasteiger partial charge in [-0.05, 0) is 24.6 Å². The van der Waals surface area contributed by atoms with Crippen molar-refractivity contribution in [2.24, 2.45) is 0 Å². The van der Waals surface area contributed by atoms with Gasteiger partial charge >= 0.3 is 0 Å². The first-order valence-corrected chi connectivity index (χ1v) is 11.0. The van der Waals surface area contributed by atoms with Crippen molar-refractivity contribution in [3.63, 3.8) is 0 Å². The van der Waals surface area contributed by atoms with Gasteiger partial charge in [0.2, 0.25) is 5.91 Å². The van der Waals surface area contributed by atoms with Crippen LogP contribution >= 0.6 is 11.3 Å². The van der Waals surface area contributed by atoms with Crippen LogP contribution in [0.25, 0.3) is 20.7 Å². The first-order valence-electron chi connectivity index (χ1n) is 10.2. The van der Waals surface area contributed by atoms with Crippen LogP contribution in [0, 0.1) is 0 Å². The van der Waals surface area contributed by atoms with Crippen molar-refractivity contribution >= 4 is 27.5 Å². The maximum Gasteiger partial charge on any atom is 0.262 e. The number of aromatic nitrogens is 2. The second kappa shape index (κ2) is 8.00. The molecule has 0 saturated carbocycles. The summed E-state index contributed by atoms with van der Waals surface area (Å²) in [4.78, 5) is 34.0. The number of para-hydroxylation sites is 1. The smallest absolute Gasteiger partial charge is 0.262 e. The van der Waals surface area contributed by atoms with Gasteiger partial charge in [-0.15, -0.1) is 11.3 Å². The van der Waals surface area contributed by atoms with E-state index in [0.29, 0.717) is 23.3 Å². The Morgan fingerprint density at radius 3 is 2.77 bits per heavy atom. The van der Waals surface area contributed by atoms with Gasteiger partial charge in [0.05, 0.1) is 18.3 Å². The quantitative estimate of drug-likeness (QED) is 0.493. The molecular weight excluding hydrogens is 410 g/mol. The predicted molar refractivity (Wildman–Crippen MR) is 121 cm³/mol. The molecule has 0 spiro atoms. The molecule has 1 amide bonds. The number of hydrogen-bond acceptors (Lipinski definition) is 5. The van der Waals surface area contributed by atoms with Crippen LogP contribution in [0.4, 0.5) is 0 Å². The number of ether oxygens (including phenoxy) is 1. The Hall–Kier alpha value is -3.45. The second-order valence-electron chi connectivity index (χ2n) is 7.68. The van der Waals surface area contributed by atoms with Crippen LogP contribution in [-0.4, -0.2) is 33.0 Å². The van der Waals surface area contributed by atoms with Crippen molar-refractivity contribution in [1.29, 1.82) is 0 Å². The Morgan fingerprint density at radius 1 is 1.16 bits per heavy atom. The van der Waals surface area contributed by atoms with Crippen LogP contribution in [-0.2, 0) is 17.9 Å². The Balaban J connectivity index is 1.42. The number of thiophene rings is 1. The van der Waals surface area contributed by atoms with E-state index in [1.807, 2.05) is 67.6 Å². The number of amides is 1. The SMILES string of the molecule is CC1CN(C(=O)Cn2cnc3sc(-c4ccccc4)cc3c2=O)Cc2ccccc2O1. The molecular formula is C24H21N3O3S. The molecule has 0 aliphatic carbocycles. The summed E-state index contributed by atoms with van der Waals surface area (Å²) in [5.41, 5.74) is 1.81. The van der Waals surface area contributed by atoms with Gasteiger partial charge in [0, 0.05) is 17.0 Å². The minimum absolute atomic E-state index is 0.0484. The van der Waals surface area contributed by atoms with E-state index in [1.165, 1.54) is 22.2 Å². The fourth-order valence-electron chi connectivity index (χ4n) is 3.84. The topological polar surface area (TPSA) is 64.4 Å². The number of nitrogens with zero attached hydrogens (tertiary/aromatic N) is 3. The van der Waals surface area contributed by atoms with E-state index in [2.05, 4.69) is 4.98 Å². The standard InChI is InChI=1S/C24H21N3O3S/c1-16-12-26(13-18-9-5-6-10-20(18)30-16)22(28)14-27-15-25-23-19(24(27)29)11-21(31-23)17-7-3-2-4-8-17/h2-11,15-16H,12-14H2,1H3. The third-order valence-electron chi connectivity index (χ3n) is 5.37. The van der Waals surface area contributed by atoms with Gasteiger partial charge in [-0.25, -0.2) is 4.98 Å². The van der Waals surface area contributed by atoms with Gasteiger partial charge in [-0.3, -0.25) is 14.2 Å². The first kappa shape index (κ1) is 19.5. The molecule has 3 heterocycles. The van der Waals surface area contributed by atoms with Crippen LogP contribution in [0.2, 0.25) is 0 Å². The van der Waals surface area contributed by atoms with Gasteiger partial charge < -0.3 is 9.64 Å². The number of carbonyl (C=O) groups is 1. The molecule has 156 valence electrons. The van der Waals surface area contributed by atoms with Crippen LogP contribution in [0.1, 0.15) is 12.5 Å². The molecule has 31 heavy (non-hydrogen) atoms. The molecule has 0 radical (unpaired) electrons. The summed E-state index contributed by atoms with van der Waals surface area (Å²) in [5, 5.41) is 0.539. The van der Waals surface area contributed by atoms with E-state index >= 15 is 0 Å². The molecule has 1 atom stereocenters.